The van der Waals surface area contributed by atoms with E-state index in [-0.39, 0.29) is 22.8 Å². The van der Waals surface area contributed by atoms with Gasteiger partial charge in [-0.25, -0.2) is 0 Å². The highest BCUT2D eigenvalue weighted by Crippen LogP contribution is 2.23. The molecule has 0 aromatic heterocycles. The zero-order valence-corrected chi connectivity index (χ0v) is 15.6. The Labute approximate surface area is 155 Å². The normalized spacial score (nSPS) is 14.6. The number of rotatable bonds is 6. The van der Waals surface area contributed by atoms with E-state index in [9.17, 15) is 9.59 Å². The molecule has 5 nitrogen and oxygen atoms in total. The van der Waals surface area contributed by atoms with E-state index in [1.165, 1.54) is 6.42 Å². The second kappa shape index (κ2) is 10.1. The van der Waals surface area contributed by atoms with Crippen molar-refractivity contribution in [1.82, 2.24) is 10.6 Å². The quantitative estimate of drug-likeness (QED) is 0.535. The molecule has 0 spiro atoms. The van der Waals surface area contributed by atoms with Crippen LogP contribution in [0.3, 0.4) is 0 Å². The maximum atomic E-state index is 12.3. The molecule has 1 saturated carbocycles. The molecule has 0 aliphatic heterocycles. The van der Waals surface area contributed by atoms with E-state index in [1.54, 1.807) is 12.1 Å². The molecule has 1 fully saturated rings. The molecule has 3 N–H and O–H groups in total. The Morgan fingerprint density at radius 2 is 1.88 bits per heavy atom. The highest BCUT2D eigenvalue weighted by Gasteiger charge is 2.22. The van der Waals surface area contributed by atoms with E-state index in [2.05, 4.69) is 22.9 Å². The standard InChI is InChI=1S/C19H27N3O2S/c1-2-3-13-20-18(24)15-11-7-8-12-16(15)21-19(25)22-17(23)14-9-5-4-6-10-14/h7-8,11-12,14H,2-6,9-10,13H2,1H3,(H,20,24)(H2,21,22,23,25). The number of unbranched alkanes of at least 4 members (excludes halogenated alkanes) is 1. The van der Waals surface area contributed by atoms with Crippen molar-refractivity contribution in [1.29, 1.82) is 0 Å². The Morgan fingerprint density at radius 3 is 2.60 bits per heavy atom. The first-order chi connectivity index (χ1) is 12.1. The highest BCUT2D eigenvalue weighted by atomic mass is 32.1. The lowest BCUT2D eigenvalue weighted by Crippen LogP contribution is -2.39. The third-order valence-electron chi connectivity index (χ3n) is 4.45. The van der Waals surface area contributed by atoms with Crippen molar-refractivity contribution >= 4 is 34.8 Å². The van der Waals surface area contributed by atoms with Crippen LogP contribution in [0, 0.1) is 5.92 Å². The Bertz CT molecular complexity index is 612. The molecule has 0 unspecified atom stereocenters. The average Bonchev–Trinajstić information content (AvgIpc) is 2.63. The molecule has 2 rings (SSSR count). The van der Waals surface area contributed by atoms with Crippen molar-refractivity contribution in [3.63, 3.8) is 0 Å². The Morgan fingerprint density at radius 1 is 1.16 bits per heavy atom. The van der Waals surface area contributed by atoms with Crippen LogP contribution < -0.4 is 16.0 Å². The van der Waals surface area contributed by atoms with Gasteiger partial charge in [-0.3, -0.25) is 9.59 Å². The number of hydrogen-bond donors (Lipinski definition) is 3. The molecule has 0 heterocycles. The van der Waals surface area contributed by atoms with Gasteiger partial charge in [0.1, 0.15) is 0 Å². The smallest absolute Gasteiger partial charge is 0.253 e. The second-order valence-electron chi connectivity index (χ2n) is 6.43. The number of amides is 2. The molecule has 1 aromatic rings. The van der Waals surface area contributed by atoms with Gasteiger partial charge in [-0.1, -0.05) is 44.7 Å². The number of thiocarbonyl (C=S) groups is 1. The lowest BCUT2D eigenvalue weighted by Gasteiger charge is -2.21. The summed E-state index contributed by atoms with van der Waals surface area (Å²) in [5, 5.41) is 8.89. The van der Waals surface area contributed by atoms with Gasteiger partial charge in [-0.05, 0) is 43.6 Å². The van der Waals surface area contributed by atoms with E-state index in [0.717, 1.165) is 38.5 Å². The molecule has 136 valence electrons. The SMILES string of the molecule is CCCCNC(=O)c1ccccc1NC(=S)NC(=O)C1CCCCC1. The van der Waals surface area contributed by atoms with Crippen LogP contribution in [0.15, 0.2) is 24.3 Å². The molecular weight excluding hydrogens is 334 g/mol. The number of carbonyl (C=O) groups excluding carboxylic acids is 2. The van der Waals surface area contributed by atoms with E-state index in [1.807, 2.05) is 12.1 Å². The predicted molar refractivity (Wildman–Crippen MR) is 105 cm³/mol. The Balaban J connectivity index is 1.93. The molecule has 2 amide bonds. The molecule has 0 radical (unpaired) electrons. The van der Waals surface area contributed by atoms with Crippen LogP contribution in [-0.4, -0.2) is 23.5 Å². The van der Waals surface area contributed by atoms with Gasteiger partial charge in [0, 0.05) is 12.5 Å². The summed E-state index contributed by atoms with van der Waals surface area (Å²) >= 11 is 5.26. The van der Waals surface area contributed by atoms with Gasteiger partial charge in [0.25, 0.3) is 5.91 Å². The molecule has 0 bridgehead atoms. The van der Waals surface area contributed by atoms with Crippen LogP contribution in [0.2, 0.25) is 0 Å². The number of hydrogen-bond acceptors (Lipinski definition) is 3. The Hall–Kier alpha value is -1.95. The summed E-state index contributed by atoms with van der Waals surface area (Å²) in [6.45, 7) is 2.72. The van der Waals surface area contributed by atoms with E-state index in [0.29, 0.717) is 17.8 Å². The van der Waals surface area contributed by atoms with Crippen molar-refractivity contribution < 1.29 is 9.59 Å². The monoisotopic (exact) mass is 361 g/mol. The van der Waals surface area contributed by atoms with Crippen LogP contribution in [0.4, 0.5) is 5.69 Å². The summed E-state index contributed by atoms with van der Waals surface area (Å²) in [7, 11) is 0. The molecule has 6 heteroatoms. The van der Waals surface area contributed by atoms with Gasteiger partial charge in [0.15, 0.2) is 5.11 Å². The summed E-state index contributed by atoms with van der Waals surface area (Å²) in [6, 6.07) is 7.17. The van der Waals surface area contributed by atoms with E-state index >= 15 is 0 Å². The van der Waals surface area contributed by atoms with E-state index < -0.39 is 0 Å². The zero-order valence-electron chi connectivity index (χ0n) is 14.8. The first kappa shape index (κ1) is 19.4. The lowest BCUT2D eigenvalue weighted by molar-refractivity contribution is -0.124. The van der Waals surface area contributed by atoms with Gasteiger partial charge in [-0.2, -0.15) is 0 Å². The van der Waals surface area contributed by atoms with Crippen molar-refractivity contribution in [3.8, 4) is 0 Å². The van der Waals surface area contributed by atoms with Crippen LogP contribution in [0.5, 0.6) is 0 Å². The van der Waals surface area contributed by atoms with Gasteiger partial charge in [0.2, 0.25) is 5.91 Å². The summed E-state index contributed by atoms with van der Waals surface area (Å²) in [6.07, 6.45) is 7.20. The van der Waals surface area contributed by atoms with Gasteiger partial charge >= 0.3 is 0 Å². The zero-order chi connectivity index (χ0) is 18.1. The molecule has 1 aliphatic rings. The topological polar surface area (TPSA) is 70.2 Å². The summed E-state index contributed by atoms with van der Waals surface area (Å²) < 4.78 is 0. The molecule has 1 aliphatic carbocycles. The fraction of sp³-hybridized carbons (Fsp3) is 0.526. The summed E-state index contributed by atoms with van der Waals surface area (Å²) in [5.41, 5.74) is 1.12. The van der Waals surface area contributed by atoms with Crippen LogP contribution in [0.1, 0.15) is 62.2 Å². The molecule has 25 heavy (non-hydrogen) atoms. The average molecular weight is 362 g/mol. The minimum Gasteiger partial charge on any atom is -0.352 e. The van der Waals surface area contributed by atoms with Crippen LogP contribution >= 0.6 is 12.2 Å². The fourth-order valence-corrected chi connectivity index (χ4v) is 3.21. The lowest BCUT2D eigenvalue weighted by atomic mass is 9.89. The second-order valence-corrected chi connectivity index (χ2v) is 6.84. The molecule has 0 atom stereocenters. The van der Waals surface area contributed by atoms with Crippen LogP contribution in [0.25, 0.3) is 0 Å². The van der Waals surface area contributed by atoms with Crippen molar-refractivity contribution in [2.75, 3.05) is 11.9 Å². The molecular formula is C19H27N3O2S. The third kappa shape index (κ3) is 6.12. The number of anilines is 1. The summed E-state index contributed by atoms with van der Waals surface area (Å²) in [4.78, 5) is 24.6. The fourth-order valence-electron chi connectivity index (χ4n) is 3.00. The largest absolute Gasteiger partial charge is 0.352 e. The number of benzene rings is 1. The molecule has 1 aromatic carbocycles. The highest BCUT2D eigenvalue weighted by molar-refractivity contribution is 7.80. The van der Waals surface area contributed by atoms with Crippen molar-refractivity contribution in [2.45, 2.75) is 51.9 Å². The minimum absolute atomic E-state index is 0.0259. The maximum Gasteiger partial charge on any atom is 0.253 e. The Kier molecular flexibility index (Phi) is 7.85. The summed E-state index contributed by atoms with van der Waals surface area (Å²) in [5.74, 6) is -0.124. The van der Waals surface area contributed by atoms with E-state index in [4.69, 9.17) is 12.2 Å². The molecule has 0 saturated heterocycles. The maximum absolute atomic E-state index is 12.3. The van der Waals surface area contributed by atoms with Gasteiger partial charge in [0.05, 0.1) is 11.3 Å². The van der Waals surface area contributed by atoms with Gasteiger partial charge < -0.3 is 16.0 Å². The third-order valence-corrected chi connectivity index (χ3v) is 4.65. The predicted octanol–water partition coefficient (Wildman–Crippen LogP) is 3.61. The number of para-hydroxylation sites is 1. The first-order valence-electron chi connectivity index (χ1n) is 9.11. The van der Waals surface area contributed by atoms with Crippen molar-refractivity contribution in [2.24, 2.45) is 5.92 Å². The first-order valence-corrected chi connectivity index (χ1v) is 9.51. The number of nitrogens with one attached hydrogen (secondary N) is 3. The number of carbonyl (C=O) groups is 2. The minimum atomic E-state index is -0.141. The van der Waals surface area contributed by atoms with Crippen LogP contribution in [-0.2, 0) is 4.79 Å². The van der Waals surface area contributed by atoms with Crippen molar-refractivity contribution in [3.05, 3.63) is 29.8 Å². The van der Waals surface area contributed by atoms with Gasteiger partial charge in [-0.15, -0.1) is 0 Å².